The van der Waals surface area contributed by atoms with Gasteiger partial charge in [0.15, 0.2) is 0 Å². The minimum absolute atomic E-state index is 0. The van der Waals surface area contributed by atoms with E-state index in [1.807, 2.05) is 0 Å². The summed E-state index contributed by atoms with van der Waals surface area (Å²) in [5.41, 5.74) is 0. The Morgan fingerprint density at radius 2 is 0.500 bits per heavy atom. The SMILES string of the molecule is CCC.Cl.Cl.Cl.Cl.Cl.Cl.Cl. The van der Waals surface area contributed by atoms with Crippen LogP contribution in [0.4, 0.5) is 0 Å². The summed E-state index contributed by atoms with van der Waals surface area (Å²) in [4.78, 5) is 0. The van der Waals surface area contributed by atoms with E-state index in [2.05, 4.69) is 13.8 Å². The van der Waals surface area contributed by atoms with Crippen molar-refractivity contribution < 1.29 is 0 Å². The smallest absolute Gasteiger partial charge is 0.0590 e. The van der Waals surface area contributed by atoms with Gasteiger partial charge in [-0.15, -0.1) is 86.8 Å². The van der Waals surface area contributed by atoms with Gasteiger partial charge in [-0.25, -0.2) is 0 Å². The van der Waals surface area contributed by atoms with Crippen LogP contribution in [0, 0.1) is 0 Å². The fraction of sp³-hybridized carbons (Fsp3) is 1.00. The van der Waals surface area contributed by atoms with Crippen LogP contribution in [-0.2, 0) is 0 Å². The molecule has 0 unspecified atom stereocenters. The largest absolute Gasteiger partial charge is 0.147 e. The van der Waals surface area contributed by atoms with Gasteiger partial charge in [-0.05, 0) is 0 Å². The predicted octanol–water partition coefficient (Wildman–Crippen LogP) is 4.37. The zero-order valence-electron chi connectivity index (χ0n) is 5.56. The third-order valence-corrected chi connectivity index (χ3v) is 0. The molecule has 0 bridgehead atoms. The van der Waals surface area contributed by atoms with Crippen molar-refractivity contribution in [2.75, 3.05) is 0 Å². The molecule has 0 aromatic carbocycles. The molecule has 0 aromatic rings. The van der Waals surface area contributed by atoms with E-state index >= 15 is 0 Å². The molecule has 76 valence electrons. The van der Waals surface area contributed by atoms with Crippen LogP contribution < -0.4 is 0 Å². The average Bonchev–Trinajstić information content (AvgIpc) is 0.918. The van der Waals surface area contributed by atoms with E-state index in [0.717, 1.165) is 0 Å². The Morgan fingerprint density at radius 3 is 0.500 bits per heavy atom. The quantitative estimate of drug-likeness (QED) is 0.623. The lowest BCUT2D eigenvalue weighted by Crippen LogP contribution is -1.27. The summed E-state index contributed by atoms with van der Waals surface area (Å²) in [7, 11) is 0. The Labute approximate surface area is 107 Å². The van der Waals surface area contributed by atoms with Crippen molar-refractivity contribution in [2.24, 2.45) is 0 Å². The molecule has 0 aromatic heterocycles. The van der Waals surface area contributed by atoms with Crippen LogP contribution >= 0.6 is 86.8 Å². The van der Waals surface area contributed by atoms with E-state index in [1.54, 1.807) is 0 Å². The maximum absolute atomic E-state index is 2.12. The summed E-state index contributed by atoms with van der Waals surface area (Å²) in [6.07, 6.45) is 1.25. The topological polar surface area (TPSA) is 0 Å². The number of hydrogen-bond donors (Lipinski definition) is 0. The van der Waals surface area contributed by atoms with E-state index in [0.29, 0.717) is 0 Å². The predicted molar refractivity (Wildman–Crippen MR) is 66.7 cm³/mol. The van der Waals surface area contributed by atoms with Gasteiger partial charge in [-0.1, -0.05) is 20.3 Å². The fourth-order valence-corrected chi connectivity index (χ4v) is 0. The van der Waals surface area contributed by atoms with Crippen molar-refractivity contribution in [1.29, 1.82) is 0 Å². The Hall–Kier alpha value is 2.03. The van der Waals surface area contributed by atoms with Crippen LogP contribution in [0.15, 0.2) is 0 Å². The fourth-order valence-electron chi connectivity index (χ4n) is 0. The lowest BCUT2D eigenvalue weighted by Gasteiger charge is -1.48. The van der Waals surface area contributed by atoms with E-state index in [9.17, 15) is 0 Å². The molecule has 0 radical (unpaired) electrons. The van der Waals surface area contributed by atoms with Gasteiger partial charge in [0.05, 0.1) is 0 Å². The minimum atomic E-state index is 0. The number of halogens is 7. The molecule has 0 saturated heterocycles. The standard InChI is InChI=1S/C3H8.7ClH/c1-3-2;;;;;;;/h3H2,1-2H3;7*1H. The van der Waals surface area contributed by atoms with Crippen LogP contribution in [0.1, 0.15) is 20.3 Å². The van der Waals surface area contributed by atoms with Crippen LogP contribution in [0.3, 0.4) is 0 Å². The van der Waals surface area contributed by atoms with Crippen LogP contribution in [0.25, 0.3) is 0 Å². The average molecular weight is 299 g/mol. The van der Waals surface area contributed by atoms with E-state index in [-0.39, 0.29) is 86.8 Å². The van der Waals surface area contributed by atoms with E-state index in [1.165, 1.54) is 6.42 Å². The molecule has 0 heterocycles. The summed E-state index contributed by atoms with van der Waals surface area (Å²) in [5.74, 6) is 0. The first-order valence-electron chi connectivity index (χ1n) is 1.41. The summed E-state index contributed by atoms with van der Waals surface area (Å²) in [6.45, 7) is 4.25. The van der Waals surface area contributed by atoms with Gasteiger partial charge >= 0.3 is 0 Å². The number of hydrogen-bond acceptors (Lipinski definition) is 0. The van der Waals surface area contributed by atoms with Gasteiger partial charge in [-0.2, -0.15) is 0 Å². The molecule has 0 atom stereocenters. The highest BCUT2D eigenvalue weighted by Crippen LogP contribution is 1.56. The van der Waals surface area contributed by atoms with Gasteiger partial charge in [0.2, 0.25) is 0 Å². The summed E-state index contributed by atoms with van der Waals surface area (Å²) < 4.78 is 0. The van der Waals surface area contributed by atoms with Crippen LogP contribution in [-0.4, -0.2) is 0 Å². The Balaban J connectivity index is -0.000000000952. The van der Waals surface area contributed by atoms with Crippen molar-refractivity contribution in [2.45, 2.75) is 20.3 Å². The molecule has 0 fully saturated rings. The molecule has 0 saturated carbocycles. The van der Waals surface area contributed by atoms with E-state index in [4.69, 9.17) is 0 Å². The zero-order chi connectivity index (χ0) is 2.71. The van der Waals surface area contributed by atoms with Gasteiger partial charge in [-0.3, -0.25) is 0 Å². The molecule has 0 amide bonds. The summed E-state index contributed by atoms with van der Waals surface area (Å²) in [5, 5.41) is 0. The second kappa shape index (κ2) is 121. The molecule has 10 heavy (non-hydrogen) atoms. The van der Waals surface area contributed by atoms with Crippen LogP contribution in [0.2, 0.25) is 0 Å². The van der Waals surface area contributed by atoms with Gasteiger partial charge in [0, 0.05) is 0 Å². The molecule has 0 nitrogen and oxygen atoms in total. The first-order valence-corrected chi connectivity index (χ1v) is 1.41. The first-order chi connectivity index (χ1) is 1.41. The summed E-state index contributed by atoms with van der Waals surface area (Å²) in [6, 6.07) is 0. The van der Waals surface area contributed by atoms with Crippen molar-refractivity contribution >= 4 is 86.8 Å². The third kappa shape index (κ3) is 198. The van der Waals surface area contributed by atoms with Gasteiger partial charge in [0.25, 0.3) is 0 Å². The Morgan fingerprint density at radius 1 is 0.500 bits per heavy atom. The monoisotopic (exact) mass is 296 g/mol. The maximum atomic E-state index is 2.12. The van der Waals surface area contributed by atoms with Crippen molar-refractivity contribution in [3.63, 3.8) is 0 Å². The summed E-state index contributed by atoms with van der Waals surface area (Å²) >= 11 is 0. The number of rotatable bonds is 0. The Bertz CT molecular complexity index is 8.81. The second-order valence-corrected chi connectivity index (χ2v) is 0.707. The molecule has 0 aliphatic rings. The molecule has 0 N–H and O–H groups in total. The van der Waals surface area contributed by atoms with E-state index < -0.39 is 0 Å². The highest BCUT2D eigenvalue weighted by Gasteiger charge is 1.35. The first kappa shape index (κ1) is 90.1. The van der Waals surface area contributed by atoms with Crippen molar-refractivity contribution in [3.8, 4) is 0 Å². The van der Waals surface area contributed by atoms with Crippen molar-refractivity contribution in [3.05, 3.63) is 0 Å². The van der Waals surface area contributed by atoms with Crippen molar-refractivity contribution in [1.82, 2.24) is 0 Å². The molecule has 0 aliphatic carbocycles. The van der Waals surface area contributed by atoms with Crippen LogP contribution in [0.5, 0.6) is 0 Å². The molecular formula is C3H15Cl7. The lowest BCUT2D eigenvalue weighted by atomic mass is 10.6. The molecule has 0 spiro atoms. The Kier molecular flexibility index (Phi) is 1090. The minimum Gasteiger partial charge on any atom is -0.147 e. The van der Waals surface area contributed by atoms with Gasteiger partial charge in [0.1, 0.15) is 0 Å². The normalized spacial score (nSPS) is 1.80. The molecular weight excluding hydrogens is 284 g/mol. The zero-order valence-corrected chi connectivity index (χ0v) is 11.3. The lowest BCUT2D eigenvalue weighted by molar-refractivity contribution is 1.09. The molecule has 0 rings (SSSR count). The van der Waals surface area contributed by atoms with Gasteiger partial charge < -0.3 is 0 Å². The second-order valence-electron chi connectivity index (χ2n) is 0.707. The molecule has 7 heteroatoms. The highest BCUT2D eigenvalue weighted by atomic mass is 35.5. The highest BCUT2D eigenvalue weighted by molar-refractivity contribution is 5.86. The maximum Gasteiger partial charge on any atom is -0.0590 e. The molecule has 0 aliphatic heterocycles. The third-order valence-electron chi connectivity index (χ3n) is 0.